The molecule has 3 aromatic heterocycles. The first-order valence-electron chi connectivity index (χ1n) is 12.8. The minimum absolute atomic E-state index is 0.0478. The van der Waals surface area contributed by atoms with Gasteiger partial charge in [-0.2, -0.15) is 0 Å². The van der Waals surface area contributed by atoms with Crippen molar-refractivity contribution in [1.82, 2.24) is 24.9 Å². The molecule has 0 bridgehead atoms. The van der Waals surface area contributed by atoms with E-state index in [4.69, 9.17) is 5.73 Å². The van der Waals surface area contributed by atoms with Crippen molar-refractivity contribution in [3.8, 4) is 0 Å². The van der Waals surface area contributed by atoms with E-state index in [-0.39, 0.29) is 18.7 Å². The first-order valence-corrected chi connectivity index (χ1v) is 22.8. The van der Waals surface area contributed by atoms with E-state index >= 15 is 0 Å². The Morgan fingerprint density at radius 3 is 2.37 bits per heavy atom. The Labute approximate surface area is 225 Å². The number of hydrogen-bond donors (Lipinski definition) is 1. The van der Waals surface area contributed by atoms with E-state index in [1.807, 2.05) is 18.3 Å². The predicted octanol–water partition coefficient (Wildman–Crippen LogP) is 3.76. The second-order valence-corrected chi connectivity index (χ2v) is 25.1. The van der Waals surface area contributed by atoms with Crippen LogP contribution in [0, 0.1) is 0 Å². The zero-order chi connectivity index (χ0) is 26.9. The molecule has 4 aromatic rings. The van der Waals surface area contributed by atoms with E-state index in [9.17, 15) is 9.59 Å². The van der Waals surface area contributed by atoms with E-state index < -0.39 is 24.3 Å². The van der Waals surface area contributed by atoms with E-state index in [1.54, 1.807) is 6.07 Å². The molecule has 2 N–H and O–H groups in total. The number of fused-ring (bicyclic) bond motifs is 1. The van der Waals surface area contributed by atoms with Gasteiger partial charge < -0.3 is 0 Å². The minimum atomic E-state index is -2.56. The molecule has 1 aliphatic rings. The van der Waals surface area contributed by atoms with Crippen LogP contribution in [0.3, 0.4) is 0 Å². The molecule has 1 saturated carbocycles. The van der Waals surface area contributed by atoms with E-state index in [1.165, 1.54) is 36.0 Å². The van der Waals surface area contributed by atoms with Crippen LogP contribution in [0.2, 0.25) is 14.8 Å². The number of nitrogens with two attached hydrogens (primary N) is 1. The van der Waals surface area contributed by atoms with Crippen molar-refractivity contribution in [1.29, 1.82) is 0 Å². The molecule has 0 spiro atoms. The molecule has 5 rings (SSSR count). The summed E-state index contributed by atoms with van der Waals surface area (Å²) in [7, 11) is 0. The van der Waals surface area contributed by atoms with Gasteiger partial charge in [0.1, 0.15) is 0 Å². The van der Waals surface area contributed by atoms with Gasteiger partial charge in [0.25, 0.3) is 0 Å². The zero-order valence-electron chi connectivity index (χ0n) is 21.9. The molecule has 194 valence electrons. The van der Waals surface area contributed by atoms with E-state index in [0.717, 1.165) is 25.9 Å². The number of benzene rings is 1. The van der Waals surface area contributed by atoms with Crippen LogP contribution in [0.25, 0.3) is 10.9 Å². The third kappa shape index (κ3) is 6.15. The summed E-state index contributed by atoms with van der Waals surface area (Å²) in [5.41, 5.74) is 9.44. The van der Waals surface area contributed by atoms with Crippen molar-refractivity contribution < 1.29 is 9.59 Å². The maximum atomic E-state index is 13.3. The first-order chi connectivity index (χ1) is 18.2. The molecule has 1 aliphatic carbocycles. The first kappa shape index (κ1) is 26.1. The van der Waals surface area contributed by atoms with Crippen LogP contribution >= 0.6 is 0 Å². The molecule has 10 heteroatoms. The van der Waals surface area contributed by atoms with Crippen LogP contribution in [0.5, 0.6) is 0 Å². The average molecular weight is 616 g/mol. The number of carbonyl (C=O) groups excluding carboxylic acids is 2. The van der Waals surface area contributed by atoms with Gasteiger partial charge in [-0.25, -0.2) is 0 Å². The monoisotopic (exact) mass is 617 g/mol. The molecule has 2 amide bonds. The normalized spacial score (nSPS) is 13.4. The standard InChI is InChI=1S/C25H22N7O2.3CH3.Sn/c26-22(33)5-6-25(34)32(23-7-8-27-14-30-23)24-12-20(29-15-31-24)10-16-1-4-21-18(9-16)11-19(13-28-21)17-2-3-17;;;;/h1,4,7,9,11-15,17H,2-3,5-6,10H2,(H2,26,33);3*1H3;. The summed E-state index contributed by atoms with van der Waals surface area (Å²) in [6.07, 6.45) is 7.86. The molecular formula is C28H31N7O2Sn. The van der Waals surface area contributed by atoms with Crippen LogP contribution in [0.1, 0.15) is 48.4 Å². The number of rotatable bonds is 9. The molecule has 38 heavy (non-hydrogen) atoms. The van der Waals surface area contributed by atoms with E-state index in [0.29, 0.717) is 24.0 Å². The van der Waals surface area contributed by atoms with E-state index in [2.05, 4.69) is 57.9 Å². The van der Waals surface area contributed by atoms with Gasteiger partial charge >= 0.3 is 191 Å². The summed E-state index contributed by atoms with van der Waals surface area (Å²) in [5, 5.41) is 1.12. The van der Waals surface area contributed by atoms with Crippen molar-refractivity contribution in [2.24, 2.45) is 5.73 Å². The average Bonchev–Trinajstić information content (AvgIpc) is 3.73. The Morgan fingerprint density at radius 1 is 0.921 bits per heavy atom. The second kappa shape index (κ2) is 10.7. The Hall–Kier alpha value is -3.47. The summed E-state index contributed by atoms with van der Waals surface area (Å²) >= 11 is -2.56. The van der Waals surface area contributed by atoms with Crippen LogP contribution in [0.15, 0.2) is 55.2 Å². The Balaban J connectivity index is 1.47. The number of carbonyl (C=O) groups is 2. The molecule has 9 nitrogen and oxygen atoms in total. The Kier molecular flexibility index (Phi) is 7.38. The third-order valence-electron chi connectivity index (χ3n) is 6.62. The van der Waals surface area contributed by atoms with Crippen LogP contribution < -0.4 is 14.3 Å². The molecule has 0 unspecified atom stereocenters. The van der Waals surface area contributed by atoms with Crippen molar-refractivity contribution in [3.63, 3.8) is 0 Å². The number of hydrogen-bond acceptors (Lipinski definition) is 7. The van der Waals surface area contributed by atoms with Gasteiger partial charge in [0.15, 0.2) is 0 Å². The fourth-order valence-electron chi connectivity index (χ4n) is 4.36. The van der Waals surface area contributed by atoms with Crippen molar-refractivity contribution in [3.05, 3.63) is 72.1 Å². The van der Waals surface area contributed by atoms with Crippen LogP contribution in [-0.2, 0) is 16.0 Å². The number of nitrogens with zero attached hydrogens (tertiary/aromatic N) is 6. The fraction of sp³-hybridized carbons (Fsp3) is 0.321. The summed E-state index contributed by atoms with van der Waals surface area (Å²) in [4.78, 5) is 55.3. The molecule has 1 aromatic carbocycles. The van der Waals surface area contributed by atoms with Crippen molar-refractivity contribution >= 4 is 56.4 Å². The third-order valence-corrected chi connectivity index (χ3v) is 11.8. The van der Waals surface area contributed by atoms with Crippen molar-refractivity contribution in [2.75, 3.05) is 4.90 Å². The molecule has 0 saturated heterocycles. The molecule has 0 radical (unpaired) electrons. The number of aromatic nitrogens is 5. The Bertz CT molecular complexity index is 1510. The fourth-order valence-corrected chi connectivity index (χ4v) is 7.23. The van der Waals surface area contributed by atoms with Gasteiger partial charge in [0.2, 0.25) is 0 Å². The number of pyridine rings is 1. The summed E-state index contributed by atoms with van der Waals surface area (Å²) in [5.74, 6) is 0.628. The second-order valence-electron chi connectivity index (χ2n) is 10.8. The molecular weight excluding hydrogens is 585 g/mol. The number of anilines is 2. The van der Waals surface area contributed by atoms with Gasteiger partial charge in [0, 0.05) is 6.20 Å². The molecule has 0 aliphatic heterocycles. The molecule has 3 heterocycles. The van der Waals surface area contributed by atoms with Gasteiger partial charge in [-0.3, -0.25) is 4.98 Å². The number of primary amides is 1. The molecule has 0 atom stereocenters. The molecule has 1 fully saturated rings. The zero-order valence-corrected chi connectivity index (χ0v) is 24.7. The quantitative estimate of drug-likeness (QED) is 0.284. The van der Waals surface area contributed by atoms with Gasteiger partial charge in [0.05, 0.1) is 0 Å². The van der Waals surface area contributed by atoms with Gasteiger partial charge in [-0.05, 0) is 24.3 Å². The van der Waals surface area contributed by atoms with Crippen molar-refractivity contribution in [2.45, 2.75) is 52.8 Å². The van der Waals surface area contributed by atoms with Crippen LogP contribution in [0.4, 0.5) is 11.6 Å². The number of amides is 2. The van der Waals surface area contributed by atoms with Crippen LogP contribution in [-0.4, -0.2) is 55.1 Å². The maximum absolute atomic E-state index is 13.3. The summed E-state index contributed by atoms with van der Waals surface area (Å²) in [6, 6.07) is 12.1. The Morgan fingerprint density at radius 2 is 1.66 bits per heavy atom. The van der Waals surface area contributed by atoms with Gasteiger partial charge in [-0.1, -0.05) is 0 Å². The summed E-state index contributed by atoms with van der Waals surface area (Å²) < 4.78 is 0.988. The van der Waals surface area contributed by atoms with Gasteiger partial charge in [-0.15, -0.1) is 0 Å². The summed E-state index contributed by atoms with van der Waals surface area (Å²) in [6.45, 7) is 0. The topological polar surface area (TPSA) is 128 Å². The SMILES string of the molecule is [CH3][Sn]([CH3])([CH3])[c]1cc(N(C(=O)CCC(N)=O)c2cc(Cc3ccc4ncc(C5CC5)cc4c3)ncn2)ncn1. The predicted molar refractivity (Wildman–Crippen MR) is 149 cm³/mol.